The van der Waals surface area contributed by atoms with Gasteiger partial charge in [-0.15, -0.1) is 0 Å². The zero-order valence-electron chi connectivity index (χ0n) is 18.8. The first kappa shape index (κ1) is 27.3. The fourth-order valence-electron chi connectivity index (χ4n) is 2.90. The summed E-state index contributed by atoms with van der Waals surface area (Å²) in [6.07, 6.45) is -4.63. The maximum Gasteiger partial charge on any atom is 0.416 e. The molecule has 0 aliphatic rings. The number of rotatable bonds is 8. The Kier molecular flexibility index (Phi) is 8.26. The molecule has 3 aromatic carbocycles. The van der Waals surface area contributed by atoms with Crippen LogP contribution in [-0.2, 0) is 21.0 Å². The predicted octanol–water partition coefficient (Wildman–Crippen LogP) is 5.10. The van der Waals surface area contributed by atoms with Crippen molar-refractivity contribution in [2.24, 2.45) is 5.10 Å². The highest BCUT2D eigenvalue weighted by atomic mass is 35.5. The lowest BCUT2D eigenvalue weighted by atomic mass is 10.2. The molecular weight excluding hydrogens is 535 g/mol. The van der Waals surface area contributed by atoms with Gasteiger partial charge >= 0.3 is 6.18 Å². The largest absolute Gasteiger partial charge is 0.495 e. The quantitative estimate of drug-likeness (QED) is 0.263. The molecule has 3 aromatic rings. The Morgan fingerprint density at radius 1 is 1.05 bits per heavy atom. The van der Waals surface area contributed by atoms with E-state index in [0.717, 1.165) is 18.2 Å². The van der Waals surface area contributed by atoms with Crippen LogP contribution in [0.15, 0.2) is 76.7 Å². The molecule has 14 heteroatoms. The number of methoxy groups -OCH3 is 1. The van der Waals surface area contributed by atoms with E-state index >= 15 is 0 Å². The first-order valence-electron chi connectivity index (χ1n) is 10.1. The fourth-order valence-corrected chi connectivity index (χ4v) is 4.15. The van der Waals surface area contributed by atoms with E-state index in [4.69, 9.17) is 16.3 Å². The summed E-state index contributed by atoms with van der Waals surface area (Å²) in [5.41, 5.74) is 0.499. The standard InChI is InChI=1S/C23H17ClF3N5O4S/c1-36-21-8-3-2-7-18(21)32-37(34,35)16-9-10-17(24)19(12-16)30-31-20(13-28)22(33)29-15-6-4-5-14(11-15)23(25,26)27/h2-12,30,32H,1H3,(H,29,33)/b31-20+. The highest BCUT2D eigenvalue weighted by molar-refractivity contribution is 7.92. The summed E-state index contributed by atoms with van der Waals surface area (Å²) < 4.78 is 71.9. The minimum absolute atomic E-state index is 0.00979. The van der Waals surface area contributed by atoms with Gasteiger partial charge in [0.2, 0.25) is 5.71 Å². The van der Waals surface area contributed by atoms with Gasteiger partial charge in [-0.1, -0.05) is 29.8 Å². The molecule has 0 saturated carbocycles. The first-order chi connectivity index (χ1) is 17.4. The molecule has 0 atom stereocenters. The molecule has 0 radical (unpaired) electrons. The lowest BCUT2D eigenvalue weighted by Crippen LogP contribution is -2.23. The summed E-state index contributed by atoms with van der Waals surface area (Å²) in [6, 6.07) is 15.2. The van der Waals surface area contributed by atoms with E-state index in [0.29, 0.717) is 6.07 Å². The Labute approximate surface area is 214 Å². The number of nitrogens with zero attached hydrogens (tertiary/aromatic N) is 2. The Morgan fingerprint density at radius 2 is 1.78 bits per heavy atom. The normalized spacial score (nSPS) is 11.8. The summed E-state index contributed by atoms with van der Waals surface area (Å²) in [5, 5.41) is 15.1. The number of hydrogen-bond donors (Lipinski definition) is 3. The van der Waals surface area contributed by atoms with Crippen molar-refractivity contribution in [3.8, 4) is 11.8 Å². The number of sulfonamides is 1. The smallest absolute Gasteiger partial charge is 0.416 e. The van der Waals surface area contributed by atoms with E-state index in [9.17, 15) is 31.6 Å². The van der Waals surface area contributed by atoms with E-state index in [2.05, 4.69) is 20.6 Å². The van der Waals surface area contributed by atoms with Gasteiger partial charge in [-0.2, -0.15) is 23.5 Å². The van der Waals surface area contributed by atoms with Crippen LogP contribution in [0.2, 0.25) is 5.02 Å². The summed E-state index contributed by atoms with van der Waals surface area (Å²) >= 11 is 6.09. The van der Waals surface area contributed by atoms with Gasteiger partial charge in [-0.05, 0) is 48.5 Å². The van der Waals surface area contributed by atoms with Crippen molar-refractivity contribution in [2.75, 3.05) is 22.6 Å². The topological polar surface area (TPSA) is 133 Å². The third kappa shape index (κ3) is 6.90. The second-order valence-electron chi connectivity index (χ2n) is 7.16. The van der Waals surface area contributed by atoms with Crippen LogP contribution in [-0.4, -0.2) is 27.1 Å². The van der Waals surface area contributed by atoms with Crippen LogP contribution in [0.3, 0.4) is 0 Å². The van der Waals surface area contributed by atoms with Crippen molar-refractivity contribution < 1.29 is 31.1 Å². The molecule has 1 amide bonds. The van der Waals surface area contributed by atoms with Crippen molar-refractivity contribution in [3.63, 3.8) is 0 Å². The number of hydrogen-bond acceptors (Lipinski definition) is 7. The minimum Gasteiger partial charge on any atom is -0.495 e. The highest BCUT2D eigenvalue weighted by Gasteiger charge is 2.30. The molecular formula is C23H17ClF3N5O4S. The van der Waals surface area contributed by atoms with Gasteiger partial charge < -0.3 is 10.1 Å². The second kappa shape index (κ2) is 11.2. The van der Waals surface area contributed by atoms with Crippen LogP contribution in [0.1, 0.15) is 5.56 Å². The van der Waals surface area contributed by atoms with Crippen molar-refractivity contribution in [2.45, 2.75) is 11.1 Å². The van der Waals surface area contributed by atoms with Crippen molar-refractivity contribution >= 4 is 50.3 Å². The number of nitriles is 1. The number of carbonyl (C=O) groups is 1. The van der Waals surface area contributed by atoms with Gasteiger partial charge in [-0.25, -0.2) is 8.42 Å². The predicted molar refractivity (Wildman–Crippen MR) is 132 cm³/mol. The van der Waals surface area contributed by atoms with Crippen molar-refractivity contribution in [1.29, 1.82) is 5.26 Å². The highest BCUT2D eigenvalue weighted by Crippen LogP contribution is 2.31. The summed E-state index contributed by atoms with van der Waals surface area (Å²) in [7, 11) is -2.74. The summed E-state index contributed by atoms with van der Waals surface area (Å²) in [6.45, 7) is 0. The van der Waals surface area contributed by atoms with Crippen molar-refractivity contribution in [3.05, 3.63) is 77.3 Å². The van der Waals surface area contributed by atoms with E-state index in [1.54, 1.807) is 18.2 Å². The molecule has 0 aliphatic carbocycles. The lowest BCUT2D eigenvalue weighted by molar-refractivity contribution is -0.137. The number of nitrogens with one attached hydrogen (secondary N) is 3. The number of ether oxygens (including phenoxy) is 1. The monoisotopic (exact) mass is 551 g/mol. The average Bonchev–Trinajstić information content (AvgIpc) is 2.85. The van der Waals surface area contributed by atoms with Gasteiger partial charge in [0.15, 0.2) is 0 Å². The minimum atomic E-state index is -4.63. The molecule has 0 bridgehead atoms. The van der Waals surface area contributed by atoms with Crippen LogP contribution in [0, 0.1) is 11.3 Å². The number of hydrazone groups is 1. The molecule has 0 aromatic heterocycles. The Hall–Kier alpha value is -4.28. The second-order valence-corrected chi connectivity index (χ2v) is 9.25. The van der Waals surface area contributed by atoms with Crippen LogP contribution in [0.4, 0.5) is 30.2 Å². The molecule has 192 valence electrons. The van der Waals surface area contributed by atoms with Gasteiger partial charge in [0, 0.05) is 5.69 Å². The number of alkyl halides is 3. The average molecular weight is 552 g/mol. The van der Waals surface area contributed by atoms with Gasteiger partial charge in [-0.3, -0.25) is 14.9 Å². The van der Waals surface area contributed by atoms with Crippen LogP contribution in [0.25, 0.3) is 0 Å². The van der Waals surface area contributed by atoms with Gasteiger partial charge in [0.1, 0.15) is 11.8 Å². The Morgan fingerprint density at radius 3 is 2.46 bits per heavy atom. The summed E-state index contributed by atoms with van der Waals surface area (Å²) in [5.74, 6) is -0.819. The van der Waals surface area contributed by atoms with Gasteiger partial charge in [0.05, 0.1) is 34.0 Å². The molecule has 0 aliphatic heterocycles. The maximum absolute atomic E-state index is 12.9. The summed E-state index contributed by atoms with van der Waals surface area (Å²) in [4.78, 5) is 12.1. The molecule has 0 unspecified atom stereocenters. The number of amides is 1. The number of para-hydroxylation sites is 2. The number of carbonyl (C=O) groups excluding carboxylic acids is 1. The SMILES string of the molecule is COc1ccccc1NS(=O)(=O)c1ccc(Cl)c(N/N=C(\C#N)C(=O)Nc2cccc(C(F)(F)F)c2)c1. The van der Waals surface area contributed by atoms with E-state index in [1.807, 2.05) is 0 Å². The van der Waals surface area contributed by atoms with E-state index in [-0.39, 0.29) is 32.7 Å². The molecule has 0 fully saturated rings. The van der Waals surface area contributed by atoms with E-state index in [1.165, 1.54) is 37.4 Å². The molecule has 37 heavy (non-hydrogen) atoms. The fraction of sp³-hybridized carbons (Fsp3) is 0.0870. The molecule has 0 heterocycles. The molecule has 3 rings (SSSR count). The molecule has 9 nitrogen and oxygen atoms in total. The zero-order chi connectivity index (χ0) is 27.2. The molecule has 0 saturated heterocycles. The Balaban J connectivity index is 1.81. The van der Waals surface area contributed by atoms with Crippen LogP contribution >= 0.6 is 11.6 Å². The van der Waals surface area contributed by atoms with Gasteiger partial charge in [0.25, 0.3) is 15.9 Å². The van der Waals surface area contributed by atoms with Crippen molar-refractivity contribution in [1.82, 2.24) is 0 Å². The molecule has 0 spiro atoms. The lowest BCUT2D eigenvalue weighted by Gasteiger charge is -2.13. The van der Waals surface area contributed by atoms with Crippen LogP contribution < -0.4 is 20.2 Å². The zero-order valence-corrected chi connectivity index (χ0v) is 20.4. The molecule has 3 N–H and O–H groups in total. The van der Waals surface area contributed by atoms with E-state index < -0.39 is 33.4 Å². The number of benzene rings is 3. The third-order valence-electron chi connectivity index (χ3n) is 4.66. The van der Waals surface area contributed by atoms with Crippen LogP contribution in [0.5, 0.6) is 5.75 Å². The first-order valence-corrected chi connectivity index (χ1v) is 12.0. The third-order valence-corrected chi connectivity index (χ3v) is 6.35. The number of halogens is 4. The Bertz CT molecular complexity index is 1500. The number of anilines is 3. The maximum atomic E-state index is 12.9.